The Balaban J connectivity index is 1.67. The van der Waals surface area contributed by atoms with Crippen LogP contribution in [0, 0.1) is 13.8 Å². The van der Waals surface area contributed by atoms with E-state index in [2.05, 4.69) is 10.6 Å². The maximum Gasteiger partial charge on any atom is 0.314 e. The number of aromatic hydroxyl groups is 1. The van der Waals surface area contributed by atoms with Crippen LogP contribution >= 0.6 is 0 Å². The van der Waals surface area contributed by atoms with Gasteiger partial charge in [-0.25, -0.2) is 4.79 Å². The van der Waals surface area contributed by atoms with E-state index in [4.69, 9.17) is 5.73 Å². The van der Waals surface area contributed by atoms with Gasteiger partial charge in [0.15, 0.2) is 0 Å². The van der Waals surface area contributed by atoms with Crippen LogP contribution in [0.15, 0.2) is 12.1 Å². The van der Waals surface area contributed by atoms with E-state index in [0.29, 0.717) is 18.8 Å². The van der Waals surface area contributed by atoms with Gasteiger partial charge >= 0.3 is 6.03 Å². The molecule has 0 radical (unpaired) electrons. The first-order valence-electron chi connectivity index (χ1n) is 7.49. The molecule has 1 aromatic rings. The number of nitrogens with two attached hydrogens (primary N) is 1. The molecule has 0 unspecified atom stereocenters. The maximum absolute atomic E-state index is 11.6. The zero-order valence-corrected chi connectivity index (χ0v) is 12.8. The second kappa shape index (κ2) is 6.35. The van der Waals surface area contributed by atoms with Gasteiger partial charge in [0.05, 0.1) is 0 Å². The third kappa shape index (κ3) is 4.63. The van der Waals surface area contributed by atoms with Crippen molar-refractivity contribution >= 4 is 6.03 Å². The molecule has 1 aliphatic rings. The van der Waals surface area contributed by atoms with E-state index >= 15 is 0 Å². The van der Waals surface area contributed by atoms with E-state index in [0.717, 1.165) is 42.4 Å². The standard InChI is InChI=1S/C16H25N3O2/c1-11-9-13(10-12(2)14(11)20)3-7-18-15(21)19-8-6-16(17)4-5-16/h9-10,20H,3-8,17H2,1-2H3,(H2,18,19,21). The highest BCUT2D eigenvalue weighted by Gasteiger charge is 2.37. The van der Waals surface area contributed by atoms with Crippen molar-refractivity contribution in [2.45, 2.75) is 45.1 Å². The minimum atomic E-state index is -0.147. The Bertz CT molecular complexity index is 501. The van der Waals surface area contributed by atoms with Gasteiger partial charge in [0.1, 0.15) is 5.75 Å². The number of aryl methyl sites for hydroxylation is 2. The van der Waals surface area contributed by atoms with Gasteiger partial charge in [0, 0.05) is 18.6 Å². The molecule has 0 saturated heterocycles. The number of rotatable bonds is 6. The molecule has 1 aromatic carbocycles. The van der Waals surface area contributed by atoms with Crippen molar-refractivity contribution in [2.24, 2.45) is 5.73 Å². The summed E-state index contributed by atoms with van der Waals surface area (Å²) in [5.74, 6) is 0.347. The largest absolute Gasteiger partial charge is 0.507 e. The van der Waals surface area contributed by atoms with Crippen LogP contribution in [0.25, 0.3) is 0 Å². The van der Waals surface area contributed by atoms with E-state index < -0.39 is 0 Å². The Morgan fingerprint density at radius 1 is 1.24 bits per heavy atom. The fourth-order valence-electron chi connectivity index (χ4n) is 2.41. The maximum atomic E-state index is 11.6. The molecule has 0 spiro atoms. The topological polar surface area (TPSA) is 87.4 Å². The number of phenolic OH excluding ortho intramolecular Hbond substituents is 1. The Morgan fingerprint density at radius 2 is 1.81 bits per heavy atom. The van der Waals surface area contributed by atoms with Gasteiger partial charge in [-0.1, -0.05) is 12.1 Å². The van der Waals surface area contributed by atoms with E-state index in [1.165, 1.54) is 0 Å². The average molecular weight is 291 g/mol. The van der Waals surface area contributed by atoms with Gasteiger partial charge in [-0.2, -0.15) is 0 Å². The third-order valence-corrected chi connectivity index (χ3v) is 4.05. The van der Waals surface area contributed by atoms with Crippen molar-refractivity contribution in [3.05, 3.63) is 28.8 Å². The van der Waals surface area contributed by atoms with Crippen molar-refractivity contribution in [3.8, 4) is 5.75 Å². The summed E-state index contributed by atoms with van der Waals surface area (Å²) in [6, 6.07) is 3.76. The summed E-state index contributed by atoms with van der Waals surface area (Å²) in [4.78, 5) is 11.6. The summed E-state index contributed by atoms with van der Waals surface area (Å²) in [5.41, 5.74) is 8.79. The van der Waals surface area contributed by atoms with Crippen LogP contribution in [0.3, 0.4) is 0 Å². The highest BCUT2D eigenvalue weighted by molar-refractivity contribution is 5.73. The lowest BCUT2D eigenvalue weighted by atomic mass is 10.0. The van der Waals surface area contributed by atoms with Gasteiger partial charge < -0.3 is 21.5 Å². The van der Waals surface area contributed by atoms with Crippen LogP contribution < -0.4 is 16.4 Å². The number of benzene rings is 1. The van der Waals surface area contributed by atoms with Crippen LogP contribution in [0.5, 0.6) is 5.75 Å². The van der Waals surface area contributed by atoms with E-state index in [9.17, 15) is 9.90 Å². The molecule has 0 bridgehead atoms. The zero-order valence-electron chi connectivity index (χ0n) is 12.8. The minimum absolute atomic E-state index is 0.0195. The number of urea groups is 1. The second-order valence-electron chi connectivity index (χ2n) is 6.12. The van der Waals surface area contributed by atoms with Crippen LogP contribution in [-0.4, -0.2) is 29.8 Å². The number of phenols is 1. The summed E-state index contributed by atoms with van der Waals surface area (Å²) < 4.78 is 0. The Labute approximate surface area is 125 Å². The second-order valence-corrected chi connectivity index (χ2v) is 6.12. The molecule has 1 saturated carbocycles. The van der Waals surface area contributed by atoms with Gasteiger partial charge in [-0.15, -0.1) is 0 Å². The van der Waals surface area contributed by atoms with E-state index in [-0.39, 0.29) is 11.6 Å². The molecule has 2 rings (SSSR count). The minimum Gasteiger partial charge on any atom is -0.507 e. The molecule has 5 nitrogen and oxygen atoms in total. The van der Waals surface area contributed by atoms with Crippen LogP contribution in [0.4, 0.5) is 4.79 Å². The molecule has 5 N–H and O–H groups in total. The number of carbonyl (C=O) groups excluding carboxylic acids is 1. The number of nitrogens with one attached hydrogen (secondary N) is 2. The van der Waals surface area contributed by atoms with Crippen molar-refractivity contribution < 1.29 is 9.90 Å². The Kier molecular flexibility index (Phi) is 4.73. The summed E-state index contributed by atoms with van der Waals surface area (Å²) in [6.07, 6.45) is 3.72. The SMILES string of the molecule is Cc1cc(CCNC(=O)NCCC2(N)CC2)cc(C)c1O. The smallest absolute Gasteiger partial charge is 0.314 e. The molecule has 116 valence electrons. The molecular formula is C16H25N3O2. The fraction of sp³-hybridized carbons (Fsp3) is 0.562. The first-order chi connectivity index (χ1) is 9.89. The Hall–Kier alpha value is -1.75. The summed E-state index contributed by atoms with van der Waals surface area (Å²) in [6.45, 7) is 4.96. The quantitative estimate of drug-likeness (QED) is 0.644. The van der Waals surface area contributed by atoms with Crippen LogP contribution in [0.1, 0.15) is 36.0 Å². The average Bonchev–Trinajstić information content (AvgIpc) is 3.14. The highest BCUT2D eigenvalue weighted by Crippen LogP contribution is 2.34. The van der Waals surface area contributed by atoms with E-state index in [1.807, 2.05) is 26.0 Å². The predicted molar refractivity (Wildman–Crippen MR) is 83.5 cm³/mol. The van der Waals surface area contributed by atoms with Gasteiger partial charge in [0.2, 0.25) is 0 Å². The van der Waals surface area contributed by atoms with Crippen molar-refractivity contribution in [3.63, 3.8) is 0 Å². The number of hydrogen-bond acceptors (Lipinski definition) is 3. The van der Waals surface area contributed by atoms with Crippen molar-refractivity contribution in [1.82, 2.24) is 10.6 Å². The summed E-state index contributed by atoms with van der Waals surface area (Å²) in [5, 5.41) is 15.4. The first kappa shape index (κ1) is 15.6. The summed E-state index contributed by atoms with van der Waals surface area (Å²) in [7, 11) is 0. The van der Waals surface area contributed by atoms with E-state index in [1.54, 1.807) is 0 Å². The zero-order chi connectivity index (χ0) is 15.5. The molecule has 1 fully saturated rings. The monoisotopic (exact) mass is 291 g/mol. The molecule has 2 amide bonds. The molecule has 5 heteroatoms. The number of hydrogen-bond donors (Lipinski definition) is 4. The molecule has 0 aliphatic heterocycles. The lowest BCUT2D eigenvalue weighted by Gasteiger charge is -2.11. The first-order valence-corrected chi connectivity index (χ1v) is 7.49. The predicted octanol–water partition coefficient (Wildman–Crippen LogP) is 1.73. The van der Waals surface area contributed by atoms with Crippen LogP contribution in [-0.2, 0) is 6.42 Å². The lowest BCUT2D eigenvalue weighted by molar-refractivity contribution is 0.240. The van der Waals surface area contributed by atoms with Gasteiger partial charge in [0.25, 0.3) is 0 Å². The molecule has 1 aliphatic carbocycles. The normalized spacial score (nSPS) is 15.6. The third-order valence-electron chi connectivity index (χ3n) is 4.05. The molecule has 0 aromatic heterocycles. The summed E-state index contributed by atoms with van der Waals surface area (Å²) >= 11 is 0. The molecule has 21 heavy (non-hydrogen) atoms. The number of amides is 2. The number of carbonyl (C=O) groups is 1. The Morgan fingerprint density at radius 3 is 2.38 bits per heavy atom. The van der Waals surface area contributed by atoms with Gasteiger partial charge in [-0.05, 0) is 56.2 Å². The van der Waals surface area contributed by atoms with Crippen molar-refractivity contribution in [1.29, 1.82) is 0 Å². The van der Waals surface area contributed by atoms with Crippen molar-refractivity contribution in [2.75, 3.05) is 13.1 Å². The fourth-order valence-corrected chi connectivity index (χ4v) is 2.41. The highest BCUT2D eigenvalue weighted by atomic mass is 16.3. The van der Waals surface area contributed by atoms with Gasteiger partial charge in [-0.3, -0.25) is 0 Å². The van der Waals surface area contributed by atoms with Crippen LogP contribution in [0.2, 0.25) is 0 Å². The molecule has 0 atom stereocenters. The molecular weight excluding hydrogens is 266 g/mol. The molecule has 0 heterocycles. The lowest BCUT2D eigenvalue weighted by Crippen LogP contribution is -2.39.